The average Bonchev–Trinajstić information content (AvgIpc) is 3.26. The van der Waals surface area contributed by atoms with Crippen molar-refractivity contribution in [3.8, 4) is 0 Å². The molecule has 7 heteroatoms. The first-order chi connectivity index (χ1) is 11.7. The van der Waals surface area contributed by atoms with Gasteiger partial charge in [0.05, 0.1) is 19.4 Å². The number of nitrogens with one attached hydrogen (secondary N) is 2. The molecule has 3 rings (SSSR count). The van der Waals surface area contributed by atoms with Crippen LogP contribution in [0.5, 0.6) is 0 Å². The third kappa shape index (κ3) is 4.23. The number of urea groups is 1. The largest absolute Gasteiger partial charge is 0.467 e. The van der Waals surface area contributed by atoms with Crippen LogP contribution in [0.25, 0.3) is 0 Å². The molecule has 0 aliphatic heterocycles. The Morgan fingerprint density at radius 1 is 1.29 bits per heavy atom. The molecule has 124 valence electrons. The van der Waals surface area contributed by atoms with Crippen molar-refractivity contribution in [3.63, 3.8) is 0 Å². The third-order valence-corrected chi connectivity index (χ3v) is 3.42. The Bertz CT molecular complexity index is 769. The van der Waals surface area contributed by atoms with Crippen molar-refractivity contribution in [2.75, 3.05) is 11.9 Å². The standard InChI is InChI=1S/C17H18N4O3/c22-15(16-6-2-9-24-16)11-18-17(23)20-14-5-1-4-13(10-14)12-21-8-3-7-19-21/h1-10,15,22H,11-12H2,(H2,18,20,23). The minimum absolute atomic E-state index is 0.0618. The number of hydrogen-bond donors (Lipinski definition) is 3. The van der Waals surface area contributed by atoms with Crippen LogP contribution in [-0.4, -0.2) is 27.5 Å². The van der Waals surface area contributed by atoms with Crippen molar-refractivity contribution in [2.24, 2.45) is 0 Å². The van der Waals surface area contributed by atoms with E-state index in [1.54, 1.807) is 29.1 Å². The molecule has 1 atom stereocenters. The van der Waals surface area contributed by atoms with E-state index >= 15 is 0 Å². The molecular formula is C17H18N4O3. The van der Waals surface area contributed by atoms with Gasteiger partial charge >= 0.3 is 6.03 Å². The number of furan rings is 1. The minimum Gasteiger partial charge on any atom is -0.467 e. The van der Waals surface area contributed by atoms with Crippen LogP contribution in [0.15, 0.2) is 65.5 Å². The van der Waals surface area contributed by atoms with Crippen LogP contribution in [0.4, 0.5) is 10.5 Å². The van der Waals surface area contributed by atoms with Crippen molar-refractivity contribution < 1.29 is 14.3 Å². The quantitative estimate of drug-likeness (QED) is 0.648. The molecule has 0 radical (unpaired) electrons. The molecule has 3 N–H and O–H groups in total. The molecule has 0 fully saturated rings. The highest BCUT2D eigenvalue weighted by molar-refractivity contribution is 5.89. The second-order valence-corrected chi connectivity index (χ2v) is 5.27. The highest BCUT2D eigenvalue weighted by Gasteiger charge is 2.11. The first kappa shape index (κ1) is 15.8. The Morgan fingerprint density at radius 3 is 2.96 bits per heavy atom. The Balaban J connectivity index is 1.52. The summed E-state index contributed by atoms with van der Waals surface area (Å²) in [6.45, 7) is 0.688. The van der Waals surface area contributed by atoms with Gasteiger partial charge in [-0.05, 0) is 35.9 Å². The van der Waals surface area contributed by atoms with Gasteiger partial charge in [-0.2, -0.15) is 5.10 Å². The van der Waals surface area contributed by atoms with Crippen molar-refractivity contribution >= 4 is 11.7 Å². The minimum atomic E-state index is -0.878. The molecule has 0 aliphatic rings. The summed E-state index contributed by atoms with van der Waals surface area (Å²) in [4.78, 5) is 11.9. The van der Waals surface area contributed by atoms with E-state index in [2.05, 4.69) is 15.7 Å². The van der Waals surface area contributed by atoms with Gasteiger partial charge in [-0.3, -0.25) is 4.68 Å². The number of aromatic nitrogens is 2. The second-order valence-electron chi connectivity index (χ2n) is 5.27. The molecule has 2 aromatic heterocycles. The van der Waals surface area contributed by atoms with Gasteiger partial charge in [-0.15, -0.1) is 0 Å². The fourth-order valence-electron chi connectivity index (χ4n) is 2.27. The molecule has 2 heterocycles. The lowest BCUT2D eigenvalue weighted by atomic mass is 10.2. The summed E-state index contributed by atoms with van der Waals surface area (Å²) >= 11 is 0. The first-order valence-electron chi connectivity index (χ1n) is 7.53. The van der Waals surface area contributed by atoms with E-state index in [9.17, 15) is 9.90 Å². The second kappa shape index (κ2) is 7.47. The predicted octanol–water partition coefficient (Wildman–Crippen LogP) is 2.38. The first-order valence-corrected chi connectivity index (χ1v) is 7.53. The van der Waals surface area contributed by atoms with E-state index in [1.807, 2.05) is 30.5 Å². The van der Waals surface area contributed by atoms with Gasteiger partial charge in [-0.25, -0.2) is 4.79 Å². The van der Waals surface area contributed by atoms with Crippen LogP contribution in [-0.2, 0) is 6.54 Å². The van der Waals surface area contributed by atoms with Crippen LogP contribution >= 0.6 is 0 Å². The number of anilines is 1. The number of nitrogens with zero attached hydrogens (tertiary/aromatic N) is 2. The number of carbonyl (C=O) groups is 1. The van der Waals surface area contributed by atoms with Gasteiger partial charge in [0.25, 0.3) is 0 Å². The predicted molar refractivity (Wildman–Crippen MR) is 88.5 cm³/mol. The lowest BCUT2D eigenvalue weighted by Gasteiger charge is -2.11. The van der Waals surface area contributed by atoms with Crippen LogP contribution < -0.4 is 10.6 Å². The topological polar surface area (TPSA) is 92.3 Å². The molecule has 0 spiro atoms. The molecule has 3 aromatic rings. The van der Waals surface area contributed by atoms with Gasteiger partial charge in [0.1, 0.15) is 11.9 Å². The normalized spacial score (nSPS) is 11.9. The Labute approximate surface area is 138 Å². The maximum absolute atomic E-state index is 11.9. The number of amides is 2. The number of carbonyl (C=O) groups excluding carboxylic acids is 1. The smallest absolute Gasteiger partial charge is 0.319 e. The molecule has 24 heavy (non-hydrogen) atoms. The molecule has 1 unspecified atom stereocenters. The van der Waals surface area contributed by atoms with Gasteiger partial charge in [0.2, 0.25) is 0 Å². The highest BCUT2D eigenvalue weighted by Crippen LogP contribution is 2.13. The summed E-state index contributed by atoms with van der Waals surface area (Å²) in [6.07, 6.45) is 4.20. The van der Waals surface area contributed by atoms with E-state index in [1.165, 1.54) is 6.26 Å². The Morgan fingerprint density at radius 2 is 2.21 bits per heavy atom. The number of hydrogen-bond acceptors (Lipinski definition) is 4. The Hall–Kier alpha value is -3.06. The molecule has 0 bridgehead atoms. The lowest BCUT2D eigenvalue weighted by molar-refractivity contribution is 0.149. The molecule has 0 saturated heterocycles. The van der Waals surface area contributed by atoms with E-state index in [-0.39, 0.29) is 6.54 Å². The average molecular weight is 326 g/mol. The summed E-state index contributed by atoms with van der Waals surface area (Å²) in [6, 6.07) is 12.3. The molecule has 1 aromatic carbocycles. The van der Waals surface area contributed by atoms with Gasteiger partial charge in [0.15, 0.2) is 0 Å². The van der Waals surface area contributed by atoms with Crippen molar-refractivity contribution in [3.05, 3.63) is 72.4 Å². The maximum atomic E-state index is 11.9. The summed E-state index contributed by atoms with van der Waals surface area (Å²) < 4.78 is 6.89. The van der Waals surface area contributed by atoms with E-state index < -0.39 is 12.1 Å². The number of benzene rings is 1. The molecule has 0 saturated carbocycles. The zero-order chi connectivity index (χ0) is 16.8. The molecule has 2 amide bonds. The zero-order valence-electron chi connectivity index (χ0n) is 12.9. The van der Waals surface area contributed by atoms with Crippen molar-refractivity contribution in [1.82, 2.24) is 15.1 Å². The number of aliphatic hydroxyl groups excluding tert-OH is 1. The lowest BCUT2D eigenvalue weighted by Crippen LogP contribution is -2.32. The zero-order valence-corrected chi connectivity index (χ0v) is 12.9. The van der Waals surface area contributed by atoms with Gasteiger partial charge in [0, 0.05) is 18.1 Å². The van der Waals surface area contributed by atoms with E-state index in [0.29, 0.717) is 18.0 Å². The Kier molecular flexibility index (Phi) is 4.93. The van der Waals surface area contributed by atoms with E-state index in [0.717, 1.165) is 5.56 Å². The maximum Gasteiger partial charge on any atom is 0.319 e. The monoisotopic (exact) mass is 326 g/mol. The van der Waals surface area contributed by atoms with E-state index in [4.69, 9.17) is 4.42 Å². The molecule has 7 nitrogen and oxygen atoms in total. The van der Waals surface area contributed by atoms with Crippen molar-refractivity contribution in [1.29, 1.82) is 0 Å². The van der Waals surface area contributed by atoms with Gasteiger partial charge in [-0.1, -0.05) is 12.1 Å². The number of aliphatic hydroxyl groups is 1. The van der Waals surface area contributed by atoms with Crippen LogP contribution in [0.1, 0.15) is 17.4 Å². The summed E-state index contributed by atoms with van der Waals surface area (Å²) in [5.74, 6) is 0.413. The summed E-state index contributed by atoms with van der Waals surface area (Å²) in [5, 5.41) is 19.4. The fraction of sp³-hybridized carbons (Fsp3) is 0.176. The molecule has 0 aliphatic carbocycles. The van der Waals surface area contributed by atoms with Crippen LogP contribution in [0.3, 0.4) is 0 Å². The van der Waals surface area contributed by atoms with Crippen molar-refractivity contribution in [2.45, 2.75) is 12.6 Å². The highest BCUT2D eigenvalue weighted by atomic mass is 16.4. The number of rotatable bonds is 6. The fourth-order valence-corrected chi connectivity index (χ4v) is 2.27. The van der Waals surface area contributed by atoms with Crippen LogP contribution in [0.2, 0.25) is 0 Å². The SMILES string of the molecule is O=C(NCC(O)c1ccco1)Nc1cccc(Cn2cccn2)c1. The van der Waals surface area contributed by atoms with Crippen LogP contribution in [0, 0.1) is 0 Å². The summed E-state index contributed by atoms with van der Waals surface area (Å²) in [5.41, 5.74) is 1.69. The molecular weight excluding hydrogens is 308 g/mol. The third-order valence-electron chi connectivity index (χ3n) is 3.42. The van der Waals surface area contributed by atoms with Gasteiger partial charge < -0.3 is 20.2 Å². The summed E-state index contributed by atoms with van der Waals surface area (Å²) in [7, 11) is 0.